The normalized spacial score (nSPS) is 17.4. The predicted molar refractivity (Wildman–Crippen MR) is 163 cm³/mol. The Morgan fingerprint density at radius 1 is 1.00 bits per heavy atom. The Bertz CT molecular complexity index is 1820. The number of aromatic nitrogens is 4. The average molecular weight is 630 g/mol. The Balaban J connectivity index is 1.43. The molecule has 0 amide bonds. The molecular formula is C30H34F3N7O3S. The first-order valence-corrected chi connectivity index (χ1v) is 15.9. The van der Waals surface area contributed by atoms with E-state index in [2.05, 4.69) is 39.3 Å². The molecule has 5 rings (SSSR count). The maximum atomic E-state index is 15.2. The number of hydrogen-bond acceptors (Lipinski definition) is 8. The van der Waals surface area contributed by atoms with Gasteiger partial charge in [0.05, 0.1) is 11.9 Å². The third kappa shape index (κ3) is 6.86. The molecular weight excluding hydrogens is 595 g/mol. The summed E-state index contributed by atoms with van der Waals surface area (Å²) in [6.07, 6.45) is 5.45. The number of nitrogens with one attached hydrogen (secondary N) is 2. The van der Waals surface area contributed by atoms with Gasteiger partial charge in [0.15, 0.2) is 17.3 Å². The number of sulfonamides is 1. The zero-order chi connectivity index (χ0) is 31.8. The fourth-order valence-electron chi connectivity index (χ4n) is 5.46. The van der Waals surface area contributed by atoms with E-state index in [0.29, 0.717) is 12.0 Å². The number of hydrogen-bond donors (Lipinski definition) is 2. The quantitative estimate of drug-likeness (QED) is 0.263. The molecule has 0 saturated heterocycles. The van der Waals surface area contributed by atoms with Gasteiger partial charge in [-0.25, -0.2) is 31.6 Å². The Kier molecular flexibility index (Phi) is 8.93. The van der Waals surface area contributed by atoms with E-state index >= 15 is 8.78 Å². The molecule has 2 N–H and O–H groups in total. The summed E-state index contributed by atoms with van der Waals surface area (Å²) >= 11 is 0. The van der Waals surface area contributed by atoms with Crippen LogP contribution in [0, 0.1) is 17.5 Å². The third-order valence-electron chi connectivity index (χ3n) is 7.75. The minimum Gasteiger partial charge on any atom is -0.351 e. The van der Waals surface area contributed by atoms with Crippen molar-refractivity contribution in [2.24, 2.45) is 0 Å². The molecule has 2 aromatic carbocycles. The predicted octanol–water partition coefficient (Wildman–Crippen LogP) is 5.08. The lowest BCUT2D eigenvalue weighted by molar-refractivity contribution is 0.221. The van der Waals surface area contributed by atoms with Crippen LogP contribution in [0.2, 0.25) is 0 Å². The van der Waals surface area contributed by atoms with Gasteiger partial charge in [0, 0.05) is 23.7 Å². The maximum Gasteiger partial charge on any atom is 0.278 e. The van der Waals surface area contributed by atoms with Crippen LogP contribution in [0.15, 0.2) is 47.4 Å². The summed E-state index contributed by atoms with van der Waals surface area (Å²) in [4.78, 5) is 29.2. The first-order chi connectivity index (χ1) is 20.8. The van der Waals surface area contributed by atoms with E-state index < -0.39 is 44.5 Å². The standard InChI is InChI=1S/C30H34F3N7O3S/c1-17(2)40-28-25(15-34-30(37-28)35-21-9-11-22(12-10-21)39(3)4)36-26(29(40)41)19-13-23(32)27(24(33)14-19)38-44(42,43)16-18-5-7-20(31)8-6-18/h5-8,13-15,17,21-22,38H,9-12,16H2,1-4H3,(H,34,35,37). The molecule has 0 aliphatic heterocycles. The Morgan fingerprint density at radius 3 is 2.23 bits per heavy atom. The number of nitrogens with zero attached hydrogens (tertiary/aromatic N) is 5. The van der Waals surface area contributed by atoms with Crippen LogP contribution < -0.4 is 15.6 Å². The van der Waals surface area contributed by atoms with E-state index in [1.54, 1.807) is 13.8 Å². The van der Waals surface area contributed by atoms with Crippen molar-refractivity contribution in [1.82, 2.24) is 24.4 Å². The number of rotatable bonds is 9. The first kappa shape index (κ1) is 31.4. The van der Waals surface area contributed by atoms with Crippen molar-refractivity contribution in [3.8, 4) is 11.3 Å². The Morgan fingerprint density at radius 2 is 1.64 bits per heavy atom. The minimum atomic E-state index is -4.26. The van der Waals surface area contributed by atoms with Crippen LogP contribution in [0.5, 0.6) is 0 Å². The van der Waals surface area contributed by atoms with E-state index in [1.807, 2.05) is 4.72 Å². The van der Waals surface area contributed by atoms with Crippen molar-refractivity contribution < 1.29 is 21.6 Å². The van der Waals surface area contributed by atoms with Gasteiger partial charge in [0.25, 0.3) is 5.56 Å². The Labute approximate surface area is 253 Å². The first-order valence-electron chi connectivity index (χ1n) is 14.3. The summed E-state index contributed by atoms with van der Waals surface area (Å²) in [5.74, 6) is -3.29. The number of fused-ring (bicyclic) bond motifs is 1. The van der Waals surface area contributed by atoms with Crippen LogP contribution in [0.4, 0.5) is 24.8 Å². The lowest BCUT2D eigenvalue weighted by Gasteiger charge is -2.32. The van der Waals surface area contributed by atoms with Gasteiger partial charge in [-0.05, 0) is 83.5 Å². The molecule has 10 nitrogen and oxygen atoms in total. The SMILES string of the molecule is CC(C)n1c(=O)c(-c2cc(F)c(NS(=O)(=O)Cc3ccc(F)cc3)c(F)c2)nc2cnc(NC3CCC(N(C)C)CC3)nc21. The summed E-state index contributed by atoms with van der Waals surface area (Å²) in [6.45, 7) is 3.56. The van der Waals surface area contributed by atoms with Gasteiger partial charge in [-0.15, -0.1) is 0 Å². The van der Waals surface area contributed by atoms with Gasteiger partial charge in [-0.1, -0.05) is 12.1 Å². The highest BCUT2D eigenvalue weighted by Gasteiger charge is 2.25. The van der Waals surface area contributed by atoms with Gasteiger partial charge < -0.3 is 10.2 Å². The molecule has 1 aliphatic rings. The van der Waals surface area contributed by atoms with Crippen molar-refractivity contribution in [2.45, 2.75) is 63.4 Å². The summed E-state index contributed by atoms with van der Waals surface area (Å²) in [6, 6.07) is 6.72. The topological polar surface area (TPSA) is 122 Å². The average Bonchev–Trinajstić information content (AvgIpc) is 2.95. The molecule has 1 aliphatic carbocycles. The van der Waals surface area contributed by atoms with E-state index in [0.717, 1.165) is 49.9 Å². The molecule has 2 aromatic heterocycles. The smallest absolute Gasteiger partial charge is 0.278 e. The molecule has 0 unspecified atom stereocenters. The molecule has 2 heterocycles. The van der Waals surface area contributed by atoms with E-state index in [-0.39, 0.29) is 40.1 Å². The van der Waals surface area contributed by atoms with Gasteiger partial charge in [0.2, 0.25) is 16.0 Å². The molecule has 14 heteroatoms. The molecule has 4 aromatic rings. The maximum absolute atomic E-state index is 15.2. The van der Waals surface area contributed by atoms with E-state index in [1.165, 1.54) is 22.9 Å². The molecule has 44 heavy (non-hydrogen) atoms. The van der Waals surface area contributed by atoms with Crippen LogP contribution in [0.1, 0.15) is 51.1 Å². The third-order valence-corrected chi connectivity index (χ3v) is 8.98. The van der Waals surface area contributed by atoms with Crippen molar-refractivity contribution in [2.75, 3.05) is 24.1 Å². The van der Waals surface area contributed by atoms with Crippen LogP contribution in [-0.2, 0) is 15.8 Å². The minimum absolute atomic E-state index is 0.178. The highest BCUT2D eigenvalue weighted by atomic mass is 32.2. The number of benzene rings is 2. The number of halogens is 3. The second kappa shape index (κ2) is 12.5. The fourth-order valence-corrected chi connectivity index (χ4v) is 6.67. The largest absolute Gasteiger partial charge is 0.351 e. The van der Waals surface area contributed by atoms with E-state index in [4.69, 9.17) is 0 Å². The summed E-state index contributed by atoms with van der Waals surface area (Å²) in [5, 5.41) is 3.37. The lowest BCUT2D eigenvalue weighted by atomic mass is 9.91. The van der Waals surface area contributed by atoms with Crippen molar-refractivity contribution in [3.05, 3.63) is 76.0 Å². The second-order valence-electron chi connectivity index (χ2n) is 11.5. The molecule has 1 fully saturated rings. The second-order valence-corrected chi connectivity index (χ2v) is 13.3. The van der Waals surface area contributed by atoms with Gasteiger partial charge in [-0.2, -0.15) is 4.98 Å². The van der Waals surface area contributed by atoms with Gasteiger partial charge >= 0.3 is 0 Å². The van der Waals surface area contributed by atoms with Crippen LogP contribution in [0.25, 0.3) is 22.4 Å². The summed E-state index contributed by atoms with van der Waals surface area (Å²) < 4.78 is 72.0. The van der Waals surface area contributed by atoms with Crippen LogP contribution in [-0.4, -0.2) is 59.0 Å². The van der Waals surface area contributed by atoms with Gasteiger partial charge in [0.1, 0.15) is 22.7 Å². The molecule has 0 atom stereocenters. The molecule has 234 valence electrons. The fraction of sp³-hybridized carbons (Fsp3) is 0.400. The van der Waals surface area contributed by atoms with Gasteiger partial charge in [-0.3, -0.25) is 14.1 Å². The number of anilines is 2. The molecule has 0 spiro atoms. The Hall–Kier alpha value is -4.04. The lowest BCUT2D eigenvalue weighted by Crippen LogP contribution is -2.36. The zero-order valence-electron chi connectivity index (χ0n) is 24.8. The molecule has 1 saturated carbocycles. The highest BCUT2D eigenvalue weighted by molar-refractivity contribution is 7.91. The summed E-state index contributed by atoms with van der Waals surface area (Å²) in [5.41, 5.74) is -1.19. The van der Waals surface area contributed by atoms with Crippen molar-refractivity contribution >= 4 is 32.8 Å². The zero-order valence-corrected chi connectivity index (χ0v) is 25.6. The molecule has 0 bridgehead atoms. The monoisotopic (exact) mass is 629 g/mol. The van der Waals surface area contributed by atoms with Crippen molar-refractivity contribution in [3.63, 3.8) is 0 Å². The van der Waals surface area contributed by atoms with E-state index in [9.17, 15) is 17.6 Å². The van der Waals surface area contributed by atoms with Crippen molar-refractivity contribution in [1.29, 1.82) is 0 Å². The van der Waals surface area contributed by atoms with Crippen LogP contribution in [0.3, 0.4) is 0 Å². The van der Waals surface area contributed by atoms with Crippen LogP contribution >= 0.6 is 0 Å². The molecule has 0 radical (unpaired) electrons. The summed E-state index contributed by atoms with van der Waals surface area (Å²) in [7, 11) is -0.104. The highest BCUT2D eigenvalue weighted by Crippen LogP contribution is 2.29.